The smallest absolute Gasteiger partial charge is 0.326 e. The summed E-state index contributed by atoms with van der Waals surface area (Å²) in [5.74, 6) is -1.25. The predicted octanol–water partition coefficient (Wildman–Crippen LogP) is 2.89. The minimum atomic E-state index is -0.998. The summed E-state index contributed by atoms with van der Waals surface area (Å²) in [5.41, 5.74) is 0.694. The zero-order chi connectivity index (χ0) is 15.4. The van der Waals surface area contributed by atoms with Crippen LogP contribution in [-0.2, 0) is 16.0 Å². The van der Waals surface area contributed by atoms with E-state index in [0.29, 0.717) is 24.3 Å². The summed E-state index contributed by atoms with van der Waals surface area (Å²) in [6, 6.07) is 3.48. The van der Waals surface area contributed by atoms with Gasteiger partial charge >= 0.3 is 5.97 Å². The fraction of sp³-hybridized carbons (Fsp3) is 0.467. The topological polar surface area (TPSA) is 66.4 Å². The molecule has 1 aliphatic carbocycles. The van der Waals surface area contributed by atoms with E-state index in [2.05, 4.69) is 21.2 Å². The van der Waals surface area contributed by atoms with Gasteiger partial charge in [-0.15, -0.1) is 0 Å². The van der Waals surface area contributed by atoms with Crippen molar-refractivity contribution in [2.45, 2.75) is 38.1 Å². The number of rotatable bonds is 7. The number of amides is 1. The Morgan fingerprint density at radius 2 is 2.14 bits per heavy atom. The number of carbonyl (C=O) groups excluding carboxylic acids is 1. The zero-order valence-electron chi connectivity index (χ0n) is 11.4. The number of carboxylic acid groups (broad SMARTS) is 1. The second-order valence-corrected chi connectivity index (χ2v) is 6.23. The highest BCUT2D eigenvalue weighted by molar-refractivity contribution is 9.10. The molecule has 0 aliphatic heterocycles. The third-order valence-electron chi connectivity index (χ3n) is 3.53. The van der Waals surface area contributed by atoms with E-state index in [9.17, 15) is 14.0 Å². The van der Waals surface area contributed by atoms with E-state index < -0.39 is 12.0 Å². The molecule has 6 heteroatoms. The number of hydrogen-bond donors (Lipinski definition) is 2. The Balaban J connectivity index is 1.85. The molecule has 0 bridgehead atoms. The van der Waals surface area contributed by atoms with Crippen LogP contribution in [0, 0.1) is 11.7 Å². The van der Waals surface area contributed by atoms with Crippen LogP contribution in [0.4, 0.5) is 4.39 Å². The van der Waals surface area contributed by atoms with E-state index in [1.807, 2.05) is 0 Å². The minimum absolute atomic E-state index is 0.135. The lowest BCUT2D eigenvalue weighted by molar-refractivity contribution is -0.142. The molecule has 2 rings (SSSR count). The van der Waals surface area contributed by atoms with E-state index in [1.165, 1.54) is 12.1 Å². The summed E-state index contributed by atoms with van der Waals surface area (Å²) in [5, 5.41) is 11.6. The first-order valence-corrected chi connectivity index (χ1v) is 7.71. The summed E-state index contributed by atoms with van der Waals surface area (Å²) < 4.78 is 13.9. The lowest BCUT2D eigenvalue weighted by atomic mass is 10.1. The molecule has 1 amide bonds. The van der Waals surface area contributed by atoms with Crippen LogP contribution in [0.1, 0.15) is 31.2 Å². The number of hydrogen-bond acceptors (Lipinski definition) is 2. The van der Waals surface area contributed by atoms with Gasteiger partial charge in [0.15, 0.2) is 0 Å². The third-order valence-corrected chi connectivity index (χ3v) is 4.30. The fourth-order valence-electron chi connectivity index (χ4n) is 2.16. The van der Waals surface area contributed by atoms with E-state index in [-0.39, 0.29) is 18.1 Å². The maximum atomic E-state index is 13.1. The molecule has 1 fully saturated rings. The van der Waals surface area contributed by atoms with Gasteiger partial charge in [-0.1, -0.05) is 28.8 Å². The molecule has 21 heavy (non-hydrogen) atoms. The van der Waals surface area contributed by atoms with Crippen LogP contribution in [0.2, 0.25) is 0 Å². The standard InChI is InChI=1S/C15H17BrFNO3/c16-12-5-4-11(17)8-10(12)3-6-14(19)18-13(15(20)21)7-9-1-2-9/h4-5,8-9,13H,1-3,6-7H2,(H,18,19)(H,20,21). The molecule has 1 aromatic rings. The molecule has 1 atom stereocenters. The fourth-order valence-corrected chi connectivity index (χ4v) is 2.60. The third kappa shape index (κ3) is 5.12. The molecule has 0 radical (unpaired) electrons. The van der Waals surface area contributed by atoms with Crippen molar-refractivity contribution < 1.29 is 19.1 Å². The van der Waals surface area contributed by atoms with Crippen molar-refractivity contribution in [3.8, 4) is 0 Å². The Morgan fingerprint density at radius 3 is 2.76 bits per heavy atom. The normalized spacial score (nSPS) is 15.5. The van der Waals surface area contributed by atoms with Gasteiger partial charge in [-0.2, -0.15) is 0 Å². The van der Waals surface area contributed by atoms with Crippen LogP contribution in [-0.4, -0.2) is 23.0 Å². The SMILES string of the molecule is O=C(CCc1cc(F)ccc1Br)NC(CC1CC1)C(=O)O. The van der Waals surface area contributed by atoms with Gasteiger partial charge in [0.2, 0.25) is 5.91 Å². The summed E-state index contributed by atoms with van der Waals surface area (Å²) in [6.45, 7) is 0. The Bertz CT molecular complexity index is 546. The first kappa shape index (κ1) is 15.9. The average Bonchev–Trinajstić information content (AvgIpc) is 3.23. The minimum Gasteiger partial charge on any atom is -0.480 e. The number of carboxylic acids is 1. The monoisotopic (exact) mass is 357 g/mol. The second kappa shape index (κ2) is 7.02. The van der Waals surface area contributed by atoms with E-state index >= 15 is 0 Å². The molecule has 1 aromatic carbocycles. The van der Waals surface area contributed by atoms with Crippen molar-refractivity contribution in [1.29, 1.82) is 0 Å². The Hall–Kier alpha value is -1.43. The molecule has 1 aliphatic rings. The highest BCUT2D eigenvalue weighted by Crippen LogP contribution is 2.33. The van der Waals surface area contributed by atoms with Crippen molar-refractivity contribution in [1.82, 2.24) is 5.32 Å². The molecule has 2 N–H and O–H groups in total. The quantitative estimate of drug-likeness (QED) is 0.788. The molecule has 1 saturated carbocycles. The van der Waals surface area contributed by atoms with Crippen LogP contribution in [0.3, 0.4) is 0 Å². The first-order chi connectivity index (χ1) is 9.95. The van der Waals surface area contributed by atoms with Crippen LogP contribution in [0.15, 0.2) is 22.7 Å². The van der Waals surface area contributed by atoms with Gasteiger partial charge in [-0.05, 0) is 42.5 Å². The zero-order valence-corrected chi connectivity index (χ0v) is 13.0. The molecule has 0 saturated heterocycles. The van der Waals surface area contributed by atoms with Gasteiger partial charge in [0.05, 0.1) is 0 Å². The first-order valence-electron chi connectivity index (χ1n) is 6.92. The highest BCUT2D eigenvalue weighted by Gasteiger charge is 2.30. The van der Waals surface area contributed by atoms with E-state index in [1.54, 1.807) is 6.07 Å². The molecule has 4 nitrogen and oxygen atoms in total. The second-order valence-electron chi connectivity index (χ2n) is 5.37. The van der Waals surface area contributed by atoms with Crippen LogP contribution in [0.25, 0.3) is 0 Å². The maximum absolute atomic E-state index is 13.1. The molecule has 0 spiro atoms. The summed E-state index contributed by atoms with van der Waals surface area (Å²) in [7, 11) is 0. The predicted molar refractivity (Wildman–Crippen MR) is 79.3 cm³/mol. The molecule has 0 aromatic heterocycles. The number of aliphatic carboxylic acids is 1. The Morgan fingerprint density at radius 1 is 1.43 bits per heavy atom. The van der Waals surface area contributed by atoms with E-state index in [4.69, 9.17) is 5.11 Å². The summed E-state index contributed by atoms with van der Waals surface area (Å²) >= 11 is 3.30. The Kier molecular flexibility index (Phi) is 5.33. The Labute approximate surface area is 130 Å². The van der Waals surface area contributed by atoms with Gasteiger partial charge in [-0.25, -0.2) is 9.18 Å². The van der Waals surface area contributed by atoms with Crippen molar-refractivity contribution in [3.05, 3.63) is 34.1 Å². The van der Waals surface area contributed by atoms with Crippen molar-refractivity contribution in [2.24, 2.45) is 5.92 Å². The van der Waals surface area contributed by atoms with Gasteiger partial charge < -0.3 is 10.4 Å². The van der Waals surface area contributed by atoms with Crippen LogP contribution >= 0.6 is 15.9 Å². The summed E-state index contributed by atoms with van der Waals surface area (Å²) in [4.78, 5) is 22.9. The largest absolute Gasteiger partial charge is 0.480 e. The molecular weight excluding hydrogens is 341 g/mol. The molecule has 1 unspecified atom stereocenters. The number of nitrogens with one attached hydrogen (secondary N) is 1. The number of benzene rings is 1. The summed E-state index contributed by atoms with van der Waals surface area (Å²) in [6.07, 6.45) is 3.06. The van der Waals surface area contributed by atoms with Crippen LogP contribution < -0.4 is 5.32 Å². The average molecular weight is 358 g/mol. The number of aryl methyl sites for hydroxylation is 1. The number of halogens is 2. The van der Waals surface area contributed by atoms with Gasteiger partial charge in [0, 0.05) is 10.9 Å². The van der Waals surface area contributed by atoms with E-state index in [0.717, 1.165) is 17.3 Å². The lowest BCUT2D eigenvalue weighted by Crippen LogP contribution is -2.41. The number of carbonyl (C=O) groups is 2. The maximum Gasteiger partial charge on any atom is 0.326 e. The van der Waals surface area contributed by atoms with Crippen LogP contribution in [0.5, 0.6) is 0 Å². The van der Waals surface area contributed by atoms with Crippen molar-refractivity contribution in [2.75, 3.05) is 0 Å². The highest BCUT2D eigenvalue weighted by atomic mass is 79.9. The molecule has 0 heterocycles. The molecule has 114 valence electrons. The lowest BCUT2D eigenvalue weighted by Gasteiger charge is -2.14. The van der Waals surface area contributed by atoms with Gasteiger partial charge in [0.1, 0.15) is 11.9 Å². The van der Waals surface area contributed by atoms with Gasteiger partial charge in [0.25, 0.3) is 0 Å². The van der Waals surface area contributed by atoms with Crippen molar-refractivity contribution >= 4 is 27.8 Å². The molecular formula is C15H17BrFNO3. The van der Waals surface area contributed by atoms with Crippen molar-refractivity contribution in [3.63, 3.8) is 0 Å². The van der Waals surface area contributed by atoms with Gasteiger partial charge in [-0.3, -0.25) is 4.79 Å².